The van der Waals surface area contributed by atoms with Gasteiger partial charge in [0.05, 0.1) is 6.54 Å². The monoisotopic (exact) mass is 177 g/mol. The van der Waals surface area contributed by atoms with Crippen molar-refractivity contribution in [3.63, 3.8) is 0 Å². The van der Waals surface area contributed by atoms with E-state index in [0.29, 0.717) is 13.0 Å². The predicted molar refractivity (Wildman–Crippen MR) is 47.8 cm³/mol. The SMILES string of the molecule is O=C1C=C(NCc2ncc[nH]2)CC1. The quantitative estimate of drug-likeness (QED) is 0.716. The Morgan fingerprint density at radius 2 is 2.46 bits per heavy atom. The van der Waals surface area contributed by atoms with Gasteiger partial charge in [0, 0.05) is 30.6 Å². The summed E-state index contributed by atoms with van der Waals surface area (Å²) in [6.07, 6.45) is 6.64. The van der Waals surface area contributed by atoms with Crippen molar-refractivity contribution in [3.8, 4) is 0 Å². The Labute approximate surface area is 76.1 Å². The third-order valence-electron chi connectivity index (χ3n) is 2.01. The van der Waals surface area contributed by atoms with Gasteiger partial charge in [-0.05, 0) is 6.42 Å². The summed E-state index contributed by atoms with van der Waals surface area (Å²) in [5.41, 5.74) is 1.02. The first kappa shape index (κ1) is 8.04. The van der Waals surface area contributed by atoms with Crippen LogP contribution in [0.1, 0.15) is 18.7 Å². The molecule has 0 unspecified atom stereocenters. The molecule has 0 saturated carbocycles. The molecule has 4 heteroatoms. The lowest BCUT2D eigenvalue weighted by Gasteiger charge is -2.02. The fraction of sp³-hybridized carbons (Fsp3) is 0.333. The van der Waals surface area contributed by atoms with E-state index in [1.54, 1.807) is 18.5 Å². The van der Waals surface area contributed by atoms with E-state index in [0.717, 1.165) is 17.9 Å². The molecule has 0 bridgehead atoms. The molecule has 0 saturated heterocycles. The van der Waals surface area contributed by atoms with Crippen molar-refractivity contribution in [1.82, 2.24) is 15.3 Å². The Morgan fingerprint density at radius 1 is 1.54 bits per heavy atom. The molecule has 0 amide bonds. The van der Waals surface area contributed by atoms with E-state index in [4.69, 9.17) is 0 Å². The highest BCUT2D eigenvalue weighted by molar-refractivity contribution is 5.92. The predicted octanol–water partition coefficient (Wildman–Crippen LogP) is 0.746. The van der Waals surface area contributed by atoms with E-state index in [9.17, 15) is 4.79 Å². The summed E-state index contributed by atoms with van der Waals surface area (Å²) in [5, 5.41) is 3.16. The molecule has 1 aliphatic carbocycles. The molecule has 0 spiro atoms. The Balaban J connectivity index is 1.87. The van der Waals surface area contributed by atoms with Gasteiger partial charge in [0.2, 0.25) is 0 Å². The second-order valence-corrected chi connectivity index (χ2v) is 3.03. The van der Waals surface area contributed by atoms with E-state index in [1.165, 1.54) is 0 Å². The number of carbonyl (C=O) groups is 1. The van der Waals surface area contributed by atoms with Crippen molar-refractivity contribution in [2.45, 2.75) is 19.4 Å². The van der Waals surface area contributed by atoms with Crippen molar-refractivity contribution >= 4 is 5.78 Å². The van der Waals surface area contributed by atoms with E-state index in [1.807, 2.05) is 0 Å². The maximum absolute atomic E-state index is 10.9. The number of carbonyl (C=O) groups excluding carboxylic acids is 1. The molecule has 4 nitrogen and oxygen atoms in total. The number of aromatic amines is 1. The number of allylic oxidation sites excluding steroid dienone is 2. The summed E-state index contributed by atoms with van der Waals surface area (Å²) < 4.78 is 0. The lowest BCUT2D eigenvalue weighted by molar-refractivity contribution is -0.114. The summed E-state index contributed by atoms with van der Waals surface area (Å²) in [7, 11) is 0. The number of imidazole rings is 1. The molecular formula is C9H11N3O. The Kier molecular flexibility index (Phi) is 2.12. The van der Waals surface area contributed by atoms with Crippen LogP contribution in [0.3, 0.4) is 0 Å². The van der Waals surface area contributed by atoms with Crippen LogP contribution in [0.15, 0.2) is 24.2 Å². The topological polar surface area (TPSA) is 57.8 Å². The summed E-state index contributed by atoms with van der Waals surface area (Å²) in [5.74, 6) is 1.10. The average molecular weight is 177 g/mol. The van der Waals surface area contributed by atoms with E-state index >= 15 is 0 Å². The van der Waals surface area contributed by atoms with Gasteiger partial charge in [-0.25, -0.2) is 4.98 Å². The molecule has 0 aromatic carbocycles. The van der Waals surface area contributed by atoms with E-state index in [-0.39, 0.29) is 5.78 Å². The second-order valence-electron chi connectivity index (χ2n) is 3.03. The fourth-order valence-corrected chi connectivity index (χ4v) is 1.33. The van der Waals surface area contributed by atoms with Crippen LogP contribution in [0.4, 0.5) is 0 Å². The van der Waals surface area contributed by atoms with Gasteiger partial charge in [-0.2, -0.15) is 0 Å². The number of hydrogen-bond donors (Lipinski definition) is 2. The zero-order valence-corrected chi connectivity index (χ0v) is 7.21. The molecule has 68 valence electrons. The third kappa shape index (κ3) is 1.96. The van der Waals surface area contributed by atoms with Crippen molar-refractivity contribution in [2.75, 3.05) is 0 Å². The normalized spacial score (nSPS) is 16.0. The number of nitrogens with one attached hydrogen (secondary N) is 2. The highest BCUT2D eigenvalue weighted by atomic mass is 16.1. The molecule has 0 radical (unpaired) electrons. The summed E-state index contributed by atoms with van der Waals surface area (Å²) in [6.45, 7) is 0.659. The summed E-state index contributed by atoms with van der Waals surface area (Å²) >= 11 is 0. The van der Waals surface area contributed by atoms with Crippen LogP contribution in [0.2, 0.25) is 0 Å². The molecule has 13 heavy (non-hydrogen) atoms. The first-order valence-electron chi connectivity index (χ1n) is 4.30. The highest BCUT2D eigenvalue weighted by Gasteiger charge is 2.11. The van der Waals surface area contributed by atoms with E-state index in [2.05, 4.69) is 15.3 Å². The molecule has 2 rings (SSSR count). The number of hydrogen-bond acceptors (Lipinski definition) is 3. The Bertz CT molecular complexity index is 327. The van der Waals surface area contributed by atoms with Crippen molar-refractivity contribution in [2.24, 2.45) is 0 Å². The lowest BCUT2D eigenvalue weighted by atomic mass is 10.3. The molecule has 0 fully saturated rings. The smallest absolute Gasteiger partial charge is 0.157 e. The van der Waals surface area contributed by atoms with Gasteiger partial charge in [-0.15, -0.1) is 0 Å². The summed E-state index contributed by atoms with van der Waals surface area (Å²) in [6, 6.07) is 0. The number of nitrogens with zero attached hydrogens (tertiary/aromatic N) is 1. The molecule has 1 aromatic heterocycles. The van der Waals surface area contributed by atoms with Gasteiger partial charge in [-0.3, -0.25) is 4.79 Å². The molecule has 0 aliphatic heterocycles. The molecule has 1 heterocycles. The van der Waals surface area contributed by atoms with Gasteiger partial charge in [0.15, 0.2) is 5.78 Å². The first-order chi connectivity index (χ1) is 6.34. The van der Waals surface area contributed by atoms with Crippen molar-refractivity contribution in [1.29, 1.82) is 0 Å². The maximum Gasteiger partial charge on any atom is 0.157 e. The van der Waals surface area contributed by atoms with Crippen LogP contribution in [0.25, 0.3) is 0 Å². The van der Waals surface area contributed by atoms with Gasteiger partial charge in [0.25, 0.3) is 0 Å². The van der Waals surface area contributed by atoms with Gasteiger partial charge < -0.3 is 10.3 Å². The third-order valence-corrected chi connectivity index (χ3v) is 2.01. The molecule has 1 aromatic rings. The largest absolute Gasteiger partial charge is 0.381 e. The number of ketones is 1. The minimum Gasteiger partial charge on any atom is -0.381 e. The van der Waals surface area contributed by atoms with Gasteiger partial charge >= 0.3 is 0 Å². The standard InChI is InChI=1S/C9H11N3O/c13-8-2-1-7(5-8)12-6-9-10-3-4-11-9/h3-5,12H,1-2,6H2,(H,10,11). The second kappa shape index (κ2) is 3.43. The minimum atomic E-state index is 0.210. The summed E-state index contributed by atoms with van der Waals surface area (Å²) in [4.78, 5) is 17.9. The van der Waals surface area contributed by atoms with Crippen molar-refractivity contribution < 1.29 is 4.79 Å². The molecule has 0 atom stereocenters. The molecule has 2 N–H and O–H groups in total. The average Bonchev–Trinajstić information content (AvgIpc) is 2.71. The number of aromatic nitrogens is 2. The fourth-order valence-electron chi connectivity index (χ4n) is 1.33. The maximum atomic E-state index is 10.9. The lowest BCUT2D eigenvalue weighted by Crippen LogP contribution is -2.12. The first-order valence-corrected chi connectivity index (χ1v) is 4.30. The van der Waals surface area contributed by atoms with Crippen LogP contribution in [0.5, 0.6) is 0 Å². The number of rotatable bonds is 3. The molecular weight excluding hydrogens is 166 g/mol. The van der Waals surface area contributed by atoms with Crippen LogP contribution in [0, 0.1) is 0 Å². The van der Waals surface area contributed by atoms with Crippen LogP contribution in [-0.2, 0) is 11.3 Å². The van der Waals surface area contributed by atoms with Gasteiger partial charge in [0.1, 0.15) is 5.82 Å². The van der Waals surface area contributed by atoms with Crippen LogP contribution >= 0.6 is 0 Å². The Morgan fingerprint density at radius 3 is 3.08 bits per heavy atom. The highest BCUT2D eigenvalue weighted by Crippen LogP contribution is 2.11. The molecule has 1 aliphatic rings. The van der Waals surface area contributed by atoms with Gasteiger partial charge in [-0.1, -0.05) is 0 Å². The van der Waals surface area contributed by atoms with Crippen LogP contribution in [-0.4, -0.2) is 15.8 Å². The van der Waals surface area contributed by atoms with Crippen molar-refractivity contribution in [3.05, 3.63) is 30.0 Å². The minimum absolute atomic E-state index is 0.210. The zero-order valence-electron chi connectivity index (χ0n) is 7.21. The number of H-pyrrole nitrogens is 1. The Hall–Kier alpha value is -1.58. The van der Waals surface area contributed by atoms with Crippen LogP contribution < -0.4 is 5.32 Å². The zero-order chi connectivity index (χ0) is 9.10. The van der Waals surface area contributed by atoms with E-state index < -0.39 is 0 Å².